The van der Waals surface area contributed by atoms with Crippen LogP contribution in [-0.4, -0.2) is 42.6 Å². The standard InChI is InChI=1S/C13H14N2O5/c1-8-3-2-4-9(11(8)14)12(17)20-7-10(16)15-5-6-19-13(15)18/h2-4H,5-7,14H2,1H3. The summed E-state index contributed by atoms with van der Waals surface area (Å²) in [5.41, 5.74) is 7.01. The van der Waals surface area contributed by atoms with E-state index in [1.165, 1.54) is 6.07 Å². The number of para-hydroxylation sites is 1. The van der Waals surface area contributed by atoms with E-state index in [1.807, 2.05) is 0 Å². The lowest BCUT2D eigenvalue weighted by atomic mass is 10.1. The number of hydrogen-bond donors (Lipinski definition) is 1. The van der Waals surface area contributed by atoms with E-state index in [0.29, 0.717) is 5.69 Å². The van der Waals surface area contributed by atoms with Crippen molar-refractivity contribution in [2.45, 2.75) is 6.92 Å². The van der Waals surface area contributed by atoms with Crippen molar-refractivity contribution >= 4 is 23.7 Å². The number of esters is 1. The summed E-state index contributed by atoms with van der Waals surface area (Å²) in [5, 5.41) is 0. The largest absolute Gasteiger partial charge is 0.452 e. The lowest BCUT2D eigenvalue weighted by molar-refractivity contribution is -0.131. The monoisotopic (exact) mass is 278 g/mol. The highest BCUT2D eigenvalue weighted by molar-refractivity contribution is 5.98. The second kappa shape index (κ2) is 5.60. The van der Waals surface area contributed by atoms with Crippen LogP contribution < -0.4 is 5.73 Å². The highest BCUT2D eigenvalue weighted by Gasteiger charge is 2.29. The Balaban J connectivity index is 1.97. The van der Waals surface area contributed by atoms with Gasteiger partial charge in [0.1, 0.15) is 6.61 Å². The van der Waals surface area contributed by atoms with Crippen LogP contribution in [0, 0.1) is 6.92 Å². The van der Waals surface area contributed by atoms with Crippen LogP contribution in [0.4, 0.5) is 10.5 Å². The molecule has 0 aliphatic carbocycles. The molecule has 106 valence electrons. The molecule has 0 unspecified atom stereocenters. The first-order valence-corrected chi connectivity index (χ1v) is 6.00. The molecule has 7 nitrogen and oxygen atoms in total. The van der Waals surface area contributed by atoms with E-state index in [4.69, 9.17) is 10.5 Å². The van der Waals surface area contributed by atoms with Crippen molar-refractivity contribution < 1.29 is 23.9 Å². The van der Waals surface area contributed by atoms with E-state index in [-0.39, 0.29) is 18.7 Å². The molecule has 0 aromatic heterocycles. The molecule has 2 rings (SSSR count). The van der Waals surface area contributed by atoms with Gasteiger partial charge in [0, 0.05) is 5.69 Å². The van der Waals surface area contributed by atoms with E-state index < -0.39 is 24.6 Å². The van der Waals surface area contributed by atoms with Gasteiger partial charge in [-0.3, -0.25) is 4.79 Å². The Morgan fingerprint density at radius 3 is 2.85 bits per heavy atom. The van der Waals surface area contributed by atoms with Gasteiger partial charge in [0.2, 0.25) is 0 Å². The number of nitrogens with zero attached hydrogens (tertiary/aromatic N) is 1. The van der Waals surface area contributed by atoms with Crippen molar-refractivity contribution in [3.05, 3.63) is 29.3 Å². The molecule has 20 heavy (non-hydrogen) atoms. The quantitative estimate of drug-likeness (QED) is 0.646. The molecule has 0 radical (unpaired) electrons. The van der Waals surface area contributed by atoms with Crippen molar-refractivity contribution in [2.24, 2.45) is 0 Å². The van der Waals surface area contributed by atoms with Gasteiger partial charge >= 0.3 is 12.1 Å². The summed E-state index contributed by atoms with van der Waals surface area (Å²) in [6.45, 7) is 1.56. The Kier molecular flexibility index (Phi) is 3.88. The van der Waals surface area contributed by atoms with E-state index in [9.17, 15) is 14.4 Å². The maximum absolute atomic E-state index is 11.8. The van der Waals surface area contributed by atoms with E-state index in [2.05, 4.69) is 4.74 Å². The summed E-state index contributed by atoms with van der Waals surface area (Å²) in [6.07, 6.45) is -0.721. The summed E-state index contributed by atoms with van der Waals surface area (Å²) in [6, 6.07) is 4.94. The number of benzene rings is 1. The van der Waals surface area contributed by atoms with Gasteiger partial charge in [0.05, 0.1) is 12.1 Å². The third kappa shape index (κ3) is 2.71. The third-order valence-corrected chi connectivity index (χ3v) is 2.93. The number of rotatable bonds is 3. The van der Waals surface area contributed by atoms with Crippen molar-refractivity contribution in [2.75, 3.05) is 25.5 Å². The van der Waals surface area contributed by atoms with Crippen LogP contribution in [0.25, 0.3) is 0 Å². The highest BCUT2D eigenvalue weighted by atomic mass is 16.6. The molecule has 1 heterocycles. The maximum atomic E-state index is 11.8. The van der Waals surface area contributed by atoms with Crippen molar-refractivity contribution in [1.82, 2.24) is 4.90 Å². The number of aryl methyl sites for hydroxylation is 1. The zero-order valence-corrected chi connectivity index (χ0v) is 10.9. The van der Waals surface area contributed by atoms with Gasteiger partial charge < -0.3 is 15.2 Å². The molecule has 1 aromatic rings. The van der Waals surface area contributed by atoms with Crippen LogP contribution in [0.3, 0.4) is 0 Å². The van der Waals surface area contributed by atoms with Gasteiger partial charge in [0.25, 0.3) is 5.91 Å². The van der Waals surface area contributed by atoms with Gasteiger partial charge in [0.15, 0.2) is 6.61 Å². The van der Waals surface area contributed by atoms with Crippen LogP contribution >= 0.6 is 0 Å². The van der Waals surface area contributed by atoms with Crippen LogP contribution in [0.2, 0.25) is 0 Å². The number of imide groups is 1. The molecule has 1 aliphatic heterocycles. The highest BCUT2D eigenvalue weighted by Crippen LogP contribution is 2.17. The Morgan fingerprint density at radius 1 is 1.45 bits per heavy atom. The SMILES string of the molecule is Cc1cccc(C(=O)OCC(=O)N2CCOC2=O)c1N. The molecule has 1 fully saturated rings. The fourth-order valence-corrected chi connectivity index (χ4v) is 1.76. The number of amides is 2. The number of anilines is 1. The minimum Gasteiger partial charge on any atom is -0.452 e. The zero-order chi connectivity index (χ0) is 14.7. The average Bonchev–Trinajstić information content (AvgIpc) is 2.85. The average molecular weight is 278 g/mol. The van der Waals surface area contributed by atoms with Crippen LogP contribution in [0.5, 0.6) is 0 Å². The number of hydrogen-bond acceptors (Lipinski definition) is 6. The molecule has 1 saturated heterocycles. The van der Waals surface area contributed by atoms with E-state index in [0.717, 1.165) is 10.5 Å². The number of carbonyl (C=O) groups excluding carboxylic acids is 3. The fourth-order valence-electron chi connectivity index (χ4n) is 1.76. The Hall–Kier alpha value is -2.57. The molecule has 0 bridgehead atoms. The smallest absolute Gasteiger partial charge is 0.416 e. The second-order valence-corrected chi connectivity index (χ2v) is 4.27. The topological polar surface area (TPSA) is 98.9 Å². The van der Waals surface area contributed by atoms with Crippen molar-refractivity contribution in [1.29, 1.82) is 0 Å². The third-order valence-electron chi connectivity index (χ3n) is 2.93. The first-order chi connectivity index (χ1) is 9.50. The van der Waals surface area contributed by atoms with E-state index in [1.54, 1.807) is 19.1 Å². The minimum atomic E-state index is -0.721. The Morgan fingerprint density at radius 2 is 2.20 bits per heavy atom. The Labute approximate surface area is 115 Å². The molecule has 2 amide bonds. The fraction of sp³-hybridized carbons (Fsp3) is 0.308. The molecular weight excluding hydrogens is 264 g/mol. The summed E-state index contributed by atoms with van der Waals surface area (Å²) < 4.78 is 9.49. The first-order valence-electron chi connectivity index (χ1n) is 6.00. The molecule has 0 atom stereocenters. The first kappa shape index (κ1) is 13.9. The number of cyclic esters (lactones) is 1. The molecule has 7 heteroatoms. The number of ether oxygens (including phenoxy) is 2. The summed E-state index contributed by atoms with van der Waals surface area (Å²) >= 11 is 0. The molecule has 2 N–H and O–H groups in total. The summed E-state index contributed by atoms with van der Waals surface area (Å²) in [4.78, 5) is 35.5. The number of nitrogens with two attached hydrogens (primary N) is 1. The second-order valence-electron chi connectivity index (χ2n) is 4.27. The number of nitrogen functional groups attached to an aromatic ring is 1. The molecular formula is C13H14N2O5. The minimum absolute atomic E-state index is 0.156. The van der Waals surface area contributed by atoms with E-state index >= 15 is 0 Å². The molecule has 0 saturated carbocycles. The Bertz CT molecular complexity index is 570. The van der Waals surface area contributed by atoms with Crippen LogP contribution in [-0.2, 0) is 14.3 Å². The van der Waals surface area contributed by atoms with Gasteiger partial charge in [-0.1, -0.05) is 12.1 Å². The normalized spacial score (nSPS) is 14.1. The van der Waals surface area contributed by atoms with Crippen molar-refractivity contribution in [3.63, 3.8) is 0 Å². The molecule has 1 aliphatic rings. The predicted molar refractivity (Wildman–Crippen MR) is 68.9 cm³/mol. The van der Waals surface area contributed by atoms with Gasteiger partial charge in [-0.25, -0.2) is 14.5 Å². The molecule has 0 spiro atoms. The number of carbonyl (C=O) groups is 3. The van der Waals surface area contributed by atoms with Crippen LogP contribution in [0.15, 0.2) is 18.2 Å². The lowest BCUT2D eigenvalue weighted by Crippen LogP contribution is -2.35. The lowest BCUT2D eigenvalue weighted by Gasteiger charge is -2.12. The van der Waals surface area contributed by atoms with Crippen molar-refractivity contribution in [3.8, 4) is 0 Å². The summed E-state index contributed by atoms with van der Waals surface area (Å²) in [7, 11) is 0. The van der Waals surface area contributed by atoms with Crippen LogP contribution in [0.1, 0.15) is 15.9 Å². The predicted octanol–water partition coefficient (Wildman–Crippen LogP) is 0.713. The summed E-state index contributed by atoms with van der Waals surface area (Å²) in [5.74, 6) is -1.32. The molecule has 1 aromatic carbocycles. The van der Waals surface area contributed by atoms with Gasteiger partial charge in [-0.2, -0.15) is 0 Å². The van der Waals surface area contributed by atoms with Gasteiger partial charge in [-0.15, -0.1) is 0 Å². The van der Waals surface area contributed by atoms with Gasteiger partial charge in [-0.05, 0) is 18.6 Å². The zero-order valence-electron chi connectivity index (χ0n) is 10.9. The maximum Gasteiger partial charge on any atom is 0.416 e.